The first-order valence-corrected chi connectivity index (χ1v) is 6.35. The average molecular weight is 276 g/mol. The fourth-order valence-corrected chi connectivity index (χ4v) is 2.31. The Balaban J connectivity index is 2.02. The maximum Gasteiger partial charge on any atom is 0.410 e. The number of hydrogen-bond donors (Lipinski definition) is 4. The molecule has 1 aliphatic heterocycles. The number of ether oxygens (including phenoxy) is 1. The molecule has 20 heavy (non-hydrogen) atoms. The Labute approximate surface area is 115 Å². The van der Waals surface area contributed by atoms with Gasteiger partial charge in [-0.05, 0) is 6.07 Å². The van der Waals surface area contributed by atoms with E-state index in [-0.39, 0.29) is 5.75 Å². The van der Waals surface area contributed by atoms with E-state index in [1.54, 1.807) is 6.07 Å². The molecule has 106 valence electrons. The number of anilines is 2. The summed E-state index contributed by atoms with van der Waals surface area (Å²) in [5.41, 5.74) is 12.6. The summed E-state index contributed by atoms with van der Waals surface area (Å²) in [6.45, 7) is 3.54. The highest BCUT2D eigenvalue weighted by atomic mass is 16.5. The maximum atomic E-state index is 10.9. The summed E-state index contributed by atoms with van der Waals surface area (Å²) in [7, 11) is 0. The minimum atomic E-state index is -0.886. The van der Waals surface area contributed by atoms with Crippen LogP contribution in [0.4, 0.5) is 16.4 Å². The number of nitrogens with two attached hydrogens (primary N) is 2. The van der Waals surface area contributed by atoms with Gasteiger partial charge in [0.25, 0.3) is 0 Å². The third kappa shape index (κ3) is 2.32. The molecule has 3 rings (SSSR count). The number of aromatic amines is 1. The van der Waals surface area contributed by atoms with Gasteiger partial charge >= 0.3 is 6.09 Å². The van der Waals surface area contributed by atoms with Gasteiger partial charge in [-0.1, -0.05) is 0 Å². The van der Waals surface area contributed by atoms with Gasteiger partial charge in [0.15, 0.2) is 5.75 Å². The number of hydrogen-bond acceptors (Lipinski definition) is 6. The van der Waals surface area contributed by atoms with Gasteiger partial charge in [-0.25, -0.2) is 9.78 Å². The molecule has 0 atom stereocenters. The predicted molar refractivity (Wildman–Crippen MR) is 75.8 cm³/mol. The monoisotopic (exact) mass is 276 g/mol. The first kappa shape index (κ1) is 12.5. The second kappa shape index (κ2) is 4.89. The Morgan fingerprint density at radius 3 is 2.80 bits per heavy atom. The molecule has 0 radical (unpaired) electrons. The van der Waals surface area contributed by atoms with E-state index in [2.05, 4.69) is 20.2 Å². The van der Waals surface area contributed by atoms with Crippen molar-refractivity contribution in [2.75, 3.05) is 36.8 Å². The number of imidazole rings is 1. The van der Waals surface area contributed by atoms with Crippen molar-refractivity contribution < 1.29 is 9.53 Å². The zero-order valence-corrected chi connectivity index (χ0v) is 10.8. The lowest BCUT2D eigenvalue weighted by atomic mass is 10.2. The second-order valence-corrected chi connectivity index (χ2v) is 4.63. The number of primary amides is 1. The van der Waals surface area contributed by atoms with Crippen LogP contribution < -0.4 is 26.4 Å². The van der Waals surface area contributed by atoms with Gasteiger partial charge in [0.2, 0.25) is 5.95 Å². The summed E-state index contributed by atoms with van der Waals surface area (Å²) in [4.78, 5) is 20.7. The van der Waals surface area contributed by atoms with Gasteiger partial charge in [0.1, 0.15) is 5.52 Å². The number of carbonyl (C=O) groups is 1. The summed E-state index contributed by atoms with van der Waals surface area (Å²) < 4.78 is 4.95. The van der Waals surface area contributed by atoms with Gasteiger partial charge in [0.05, 0.1) is 5.52 Å². The van der Waals surface area contributed by atoms with Gasteiger partial charge < -0.3 is 31.4 Å². The van der Waals surface area contributed by atoms with Crippen LogP contribution in [0, 0.1) is 0 Å². The van der Waals surface area contributed by atoms with Gasteiger partial charge in [-0.3, -0.25) is 0 Å². The number of benzene rings is 1. The van der Waals surface area contributed by atoms with E-state index >= 15 is 0 Å². The van der Waals surface area contributed by atoms with Crippen LogP contribution in [0.3, 0.4) is 0 Å². The third-order valence-corrected chi connectivity index (χ3v) is 3.19. The zero-order valence-electron chi connectivity index (χ0n) is 10.8. The number of H-pyrrole nitrogens is 1. The van der Waals surface area contributed by atoms with E-state index < -0.39 is 6.09 Å². The molecular formula is C12H16N6O2. The Morgan fingerprint density at radius 2 is 2.10 bits per heavy atom. The molecule has 1 fully saturated rings. The summed E-state index contributed by atoms with van der Waals surface area (Å²) >= 11 is 0. The highest BCUT2D eigenvalue weighted by molar-refractivity contribution is 5.89. The molecular weight excluding hydrogens is 260 g/mol. The molecule has 0 bridgehead atoms. The van der Waals surface area contributed by atoms with Crippen molar-refractivity contribution in [3.05, 3.63) is 12.1 Å². The molecule has 2 heterocycles. The molecule has 1 aromatic heterocycles. The molecule has 0 spiro atoms. The highest BCUT2D eigenvalue weighted by Gasteiger charge is 2.17. The van der Waals surface area contributed by atoms with E-state index in [0.717, 1.165) is 37.6 Å². The number of nitrogens with zero attached hydrogens (tertiary/aromatic N) is 2. The van der Waals surface area contributed by atoms with Crippen LogP contribution in [0.2, 0.25) is 0 Å². The van der Waals surface area contributed by atoms with Crippen LogP contribution in [0.5, 0.6) is 5.75 Å². The third-order valence-electron chi connectivity index (χ3n) is 3.19. The zero-order chi connectivity index (χ0) is 14.1. The van der Waals surface area contributed by atoms with E-state index in [1.807, 2.05) is 0 Å². The van der Waals surface area contributed by atoms with Crippen LogP contribution in [0.1, 0.15) is 0 Å². The number of rotatable bonds is 2. The van der Waals surface area contributed by atoms with Crippen LogP contribution in [0.25, 0.3) is 11.0 Å². The van der Waals surface area contributed by atoms with E-state index in [9.17, 15) is 4.79 Å². The number of amides is 1. The second-order valence-electron chi connectivity index (χ2n) is 4.63. The highest BCUT2D eigenvalue weighted by Crippen LogP contribution is 2.29. The maximum absolute atomic E-state index is 10.9. The summed E-state index contributed by atoms with van der Waals surface area (Å²) in [6.07, 6.45) is -0.886. The number of piperazine rings is 1. The fraction of sp³-hybridized carbons (Fsp3) is 0.333. The van der Waals surface area contributed by atoms with Crippen molar-refractivity contribution in [2.24, 2.45) is 5.73 Å². The molecule has 6 N–H and O–H groups in total. The number of fused-ring (bicyclic) bond motifs is 1. The van der Waals surface area contributed by atoms with Crippen molar-refractivity contribution in [3.8, 4) is 5.75 Å². The van der Waals surface area contributed by atoms with Crippen LogP contribution in [0.15, 0.2) is 12.1 Å². The molecule has 8 heteroatoms. The molecule has 8 nitrogen and oxygen atoms in total. The van der Waals surface area contributed by atoms with Crippen molar-refractivity contribution in [2.45, 2.75) is 0 Å². The largest absolute Gasteiger partial charge is 0.410 e. The molecule has 0 aliphatic carbocycles. The van der Waals surface area contributed by atoms with E-state index in [4.69, 9.17) is 16.2 Å². The Kier molecular flexibility index (Phi) is 3.07. The smallest absolute Gasteiger partial charge is 0.408 e. The SMILES string of the molecule is NC(=O)Oc1cc(N)cc2[nH]c(N3CCNCC3)nc12. The minimum Gasteiger partial charge on any atom is -0.408 e. The van der Waals surface area contributed by atoms with Gasteiger partial charge in [-0.2, -0.15) is 0 Å². The van der Waals surface area contributed by atoms with Crippen LogP contribution >= 0.6 is 0 Å². The predicted octanol–water partition coefficient (Wildman–Crippen LogP) is 0.0122. The first-order valence-electron chi connectivity index (χ1n) is 6.35. The minimum absolute atomic E-state index is 0.269. The Bertz CT molecular complexity index is 647. The molecule has 1 saturated heterocycles. The van der Waals surface area contributed by atoms with E-state index in [1.165, 1.54) is 6.07 Å². The van der Waals surface area contributed by atoms with Crippen LogP contribution in [-0.4, -0.2) is 42.2 Å². The molecule has 2 aromatic rings. The summed E-state index contributed by atoms with van der Waals surface area (Å²) in [6, 6.07) is 3.29. The topological polar surface area (TPSA) is 122 Å². The quantitative estimate of drug-likeness (QED) is 0.573. The molecule has 1 amide bonds. The lowest BCUT2D eigenvalue weighted by molar-refractivity contribution is 0.211. The first-order chi connectivity index (χ1) is 9.63. The molecule has 1 aromatic carbocycles. The number of nitrogens with one attached hydrogen (secondary N) is 2. The number of aromatic nitrogens is 2. The average Bonchev–Trinajstić information content (AvgIpc) is 2.83. The van der Waals surface area contributed by atoms with Crippen molar-refractivity contribution >= 4 is 28.8 Å². The lowest BCUT2D eigenvalue weighted by Gasteiger charge is -2.26. The lowest BCUT2D eigenvalue weighted by Crippen LogP contribution is -2.44. The Morgan fingerprint density at radius 1 is 1.35 bits per heavy atom. The van der Waals surface area contributed by atoms with Crippen LogP contribution in [-0.2, 0) is 0 Å². The summed E-state index contributed by atoms with van der Waals surface area (Å²) in [5.74, 6) is 1.01. The number of nitrogen functional groups attached to an aromatic ring is 1. The Hall–Kier alpha value is -2.48. The molecule has 1 aliphatic rings. The van der Waals surface area contributed by atoms with Crippen molar-refractivity contribution in [3.63, 3.8) is 0 Å². The van der Waals surface area contributed by atoms with Gasteiger partial charge in [-0.15, -0.1) is 0 Å². The van der Waals surface area contributed by atoms with E-state index in [0.29, 0.717) is 11.2 Å². The van der Waals surface area contributed by atoms with Crippen molar-refractivity contribution in [1.82, 2.24) is 15.3 Å². The normalized spacial score (nSPS) is 15.5. The van der Waals surface area contributed by atoms with Gasteiger partial charge in [0, 0.05) is 37.9 Å². The fourth-order valence-electron chi connectivity index (χ4n) is 2.31. The van der Waals surface area contributed by atoms with Crippen molar-refractivity contribution in [1.29, 1.82) is 0 Å². The number of carbonyl (C=O) groups excluding carboxylic acids is 1. The molecule has 0 saturated carbocycles. The summed E-state index contributed by atoms with van der Waals surface area (Å²) in [5, 5.41) is 3.28. The standard InChI is InChI=1S/C12H16N6O2/c13-7-5-8-10(9(6-7)20-11(14)19)17-12(16-8)18-3-1-15-2-4-18/h5-6,15H,1-4,13H2,(H2,14,19)(H,16,17). The molecule has 0 unspecified atom stereocenters.